The van der Waals surface area contributed by atoms with Gasteiger partial charge in [0.05, 0.1) is 0 Å². The van der Waals surface area contributed by atoms with E-state index in [1.807, 2.05) is 0 Å². The third kappa shape index (κ3) is 7.16. The lowest BCUT2D eigenvalue weighted by atomic mass is 10.2. The van der Waals surface area contributed by atoms with Crippen LogP contribution >= 0.6 is 23.2 Å². The lowest BCUT2D eigenvalue weighted by Crippen LogP contribution is -2.33. The van der Waals surface area contributed by atoms with E-state index in [1.165, 1.54) is 12.2 Å². The zero-order chi connectivity index (χ0) is 16.0. The molecule has 4 nitrogen and oxygen atoms in total. The summed E-state index contributed by atoms with van der Waals surface area (Å²) in [5, 5.41) is 3.44. The van der Waals surface area contributed by atoms with Gasteiger partial charge in [0.2, 0.25) is 5.91 Å². The zero-order valence-corrected chi connectivity index (χ0v) is 13.6. The molecular weight excluding hydrogens is 313 g/mol. The molecule has 21 heavy (non-hydrogen) atoms. The highest BCUT2D eigenvalue weighted by atomic mass is 35.5. The summed E-state index contributed by atoms with van der Waals surface area (Å²) in [6.45, 7) is 5.08. The summed E-state index contributed by atoms with van der Waals surface area (Å²) >= 11 is 11.8. The van der Waals surface area contributed by atoms with Crippen LogP contribution in [0.1, 0.15) is 26.3 Å². The standard InChI is InChI=1S/C15H17Cl2NO3/c1-15(2,3)21-14(20)9-18-13(19)7-4-10-8-11(16)5-6-12(10)17/h4-8H,9H2,1-3H3,(H,18,19)/b7-4+. The third-order valence-electron chi connectivity index (χ3n) is 2.20. The first-order valence-electron chi connectivity index (χ1n) is 6.30. The van der Waals surface area contributed by atoms with E-state index in [-0.39, 0.29) is 6.54 Å². The number of nitrogens with one attached hydrogen (secondary N) is 1. The van der Waals surface area contributed by atoms with Crippen molar-refractivity contribution in [2.45, 2.75) is 26.4 Å². The van der Waals surface area contributed by atoms with Gasteiger partial charge in [-0.25, -0.2) is 0 Å². The fraction of sp³-hybridized carbons (Fsp3) is 0.333. The van der Waals surface area contributed by atoms with Gasteiger partial charge < -0.3 is 10.1 Å². The number of carbonyl (C=O) groups excluding carboxylic acids is 2. The maximum absolute atomic E-state index is 11.6. The monoisotopic (exact) mass is 329 g/mol. The Balaban J connectivity index is 2.52. The summed E-state index contributed by atoms with van der Waals surface area (Å²) in [6.07, 6.45) is 2.81. The second-order valence-corrected chi connectivity index (χ2v) is 6.15. The van der Waals surface area contributed by atoms with Crippen molar-refractivity contribution in [1.29, 1.82) is 0 Å². The molecule has 0 saturated heterocycles. The Morgan fingerprint density at radius 2 is 1.95 bits per heavy atom. The number of hydrogen-bond donors (Lipinski definition) is 1. The van der Waals surface area contributed by atoms with Crippen LogP contribution in [0.25, 0.3) is 6.08 Å². The van der Waals surface area contributed by atoms with Crippen molar-refractivity contribution in [3.63, 3.8) is 0 Å². The number of esters is 1. The predicted molar refractivity (Wildman–Crippen MR) is 84.4 cm³/mol. The lowest BCUT2D eigenvalue weighted by Gasteiger charge is -2.19. The highest BCUT2D eigenvalue weighted by molar-refractivity contribution is 6.34. The first-order valence-corrected chi connectivity index (χ1v) is 7.06. The van der Waals surface area contributed by atoms with Crippen LogP contribution in [-0.4, -0.2) is 24.0 Å². The largest absolute Gasteiger partial charge is 0.459 e. The van der Waals surface area contributed by atoms with Gasteiger partial charge in [0.1, 0.15) is 12.1 Å². The number of rotatable bonds is 4. The van der Waals surface area contributed by atoms with Crippen molar-refractivity contribution in [2.24, 2.45) is 0 Å². The molecule has 0 radical (unpaired) electrons. The van der Waals surface area contributed by atoms with Gasteiger partial charge in [0.25, 0.3) is 0 Å². The Kier molecular flexibility index (Phi) is 6.24. The average Bonchev–Trinajstić information content (AvgIpc) is 2.35. The number of hydrogen-bond acceptors (Lipinski definition) is 3. The maximum Gasteiger partial charge on any atom is 0.325 e. The summed E-state index contributed by atoms with van der Waals surface area (Å²) in [5.41, 5.74) is 0.0444. The minimum atomic E-state index is -0.577. The molecular formula is C15H17Cl2NO3. The normalized spacial score (nSPS) is 11.5. The molecule has 0 saturated carbocycles. The molecule has 0 fully saturated rings. The average molecular weight is 330 g/mol. The Morgan fingerprint density at radius 1 is 1.29 bits per heavy atom. The SMILES string of the molecule is CC(C)(C)OC(=O)CNC(=O)/C=C/c1cc(Cl)ccc1Cl. The summed E-state index contributed by atoms with van der Waals surface area (Å²) in [7, 11) is 0. The Hall–Kier alpha value is -1.52. The van der Waals surface area contributed by atoms with Gasteiger partial charge in [-0.05, 0) is 50.6 Å². The van der Waals surface area contributed by atoms with E-state index in [2.05, 4.69) is 5.32 Å². The van der Waals surface area contributed by atoms with Crippen LogP contribution < -0.4 is 5.32 Å². The second kappa shape index (κ2) is 7.48. The summed E-state index contributed by atoms with van der Waals surface area (Å²) in [6, 6.07) is 4.94. The number of amides is 1. The summed E-state index contributed by atoms with van der Waals surface area (Å²) < 4.78 is 5.07. The highest BCUT2D eigenvalue weighted by Gasteiger charge is 2.16. The Bertz CT molecular complexity index is 563. The van der Waals surface area contributed by atoms with Crippen molar-refractivity contribution >= 4 is 41.2 Å². The highest BCUT2D eigenvalue weighted by Crippen LogP contribution is 2.21. The first-order chi connectivity index (χ1) is 9.67. The van der Waals surface area contributed by atoms with Crippen LogP contribution in [0.3, 0.4) is 0 Å². The molecule has 1 N–H and O–H groups in total. The molecule has 0 unspecified atom stereocenters. The van der Waals surface area contributed by atoms with Gasteiger partial charge in [0.15, 0.2) is 0 Å². The Labute approximate surface area is 134 Å². The van der Waals surface area contributed by atoms with Gasteiger partial charge in [-0.1, -0.05) is 23.2 Å². The van der Waals surface area contributed by atoms with E-state index in [1.54, 1.807) is 39.0 Å². The van der Waals surface area contributed by atoms with Crippen LogP contribution in [0.15, 0.2) is 24.3 Å². The topological polar surface area (TPSA) is 55.4 Å². The molecule has 0 spiro atoms. The molecule has 6 heteroatoms. The molecule has 1 aromatic rings. The molecule has 0 bridgehead atoms. The number of carbonyl (C=O) groups is 2. The van der Waals surface area contributed by atoms with Crippen molar-refractivity contribution in [3.05, 3.63) is 39.9 Å². The van der Waals surface area contributed by atoms with Crippen LogP contribution in [0, 0.1) is 0 Å². The molecule has 0 aliphatic rings. The van der Waals surface area contributed by atoms with Crippen molar-refractivity contribution in [1.82, 2.24) is 5.32 Å². The van der Waals surface area contributed by atoms with Crippen molar-refractivity contribution in [2.75, 3.05) is 6.54 Å². The molecule has 0 atom stereocenters. The van der Waals surface area contributed by atoms with E-state index in [9.17, 15) is 9.59 Å². The maximum atomic E-state index is 11.6. The van der Waals surface area contributed by atoms with E-state index in [0.29, 0.717) is 15.6 Å². The molecule has 0 aromatic heterocycles. The smallest absolute Gasteiger partial charge is 0.325 e. The molecule has 0 aliphatic carbocycles. The molecule has 1 amide bonds. The minimum absolute atomic E-state index is 0.191. The molecule has 0 aliphatic heterocycles. The van der Waals surface area contributed by atoms with E-state index in [0.717, 1.165) is 0 Å². The molecule has 0 heterocycles. The first kappa shape index (κ1) is 17.5. The Morgan fingerprint density at radius 3 is 2.57 bits per heavy atom. The minimum Gasteiger partial charge on any atom is -0.459 e. The fourth-order valence-electron chi connectivity index (χ4n) is 1.40. The van der Waals surface area contributed by atoms with Gasteiger partial charge in [0, 0.05) is 16.1 Å². The van der Waals surface area contributed by atoms with E-state index in [4.69, 9.17) is 27.9 Å². The molecule has 1 rings (SSSR count). The van der Waals surface area contributed by atoms with Crippen molar-refractivity contribution in [3.8, 4) is 0 Å². The van der Waals surface area contributed by atoms with Gasteiger partial charge in [-0.3, -0.25) is 9.59 Å². The number of halogens is 2. The van der Waals surface area contributed by atoms with E-state index < -0.39 is 17.5 Å². The lowest BCUT2D eigenvalue weighted by molar-refractivity contribution is -0.154. The van der Waals surface area contributed by atoms with Crippen LogP contribution in [-0.2, 0) is 14.3 Å². The number of ether oxygens (including phenoxy) is 1. The second-order valence-electron chi connectivity index (χ2n) is 5.30. The van der Waals surface area contributed by atoms with Gasteiger partial charge >= 0.3 is 5.97 Å². The van der Waals surface area contributed by atoms with Crippen LogP contribution in [0.4, 0.5) is 0 Å². The zero-order valence-electron chi connectivity index (χ0n) is 12.1. The van der Waals surface area contributed by atoms with E-state index >= 15 is 0 Å². The summed E-state index contributed by atoms with van der Waals surface area (Å²) in [4.78, 5) is 23.0. The third-order valence-corrected chi connectivity index (χ3v) is 2.78. The quantitative estimate of drug-likeness (QED) is 0.679. The van der Waals surface area contributed by atoms with Gasteiger partial charge in [-0.15, -0.1) is 0 Å². The molecule has 1 aromatic carbocycles. The number of benzene rings is 1. The fourth-order valence-corrected chi connectivity index (χ4v) is 1.76. The van der Waals surface area contributed by atoms with Crippen LogP contribution in [0.5, 0.6) is 0 Å². The predicted octanol–water partition coefficient (Wildman–Crippen LogP) is 3.46. The summed E-state index contributed by atoms with van der Waals surface area (Å²) in [5.74, 6) is -0.915. The van der Waals surface area contributed by atoms with Gasteiger partial charge in [-0.2, -0.15) is 0 Å². The van der Waals surface area contributed by atoms with Crippen molar-refractivity contribution < 1.29 is 14.3 Å². The molecule has 114 valence electrons. The van der Waals surface area contributed by atoms with Crippen LogP contribution in [0.2, 0.25) is 10.0 Å².